The summed E-state index contributed by atoms with van der Waals surface area (Å²) in [5, 5.41) is 0. The van der Waals surface area contributed by atoms with Gasteiger partial charge in [0.05, 0.1) is 12.5 Å². The summed E-state index contributed by atoms with van der Waals surface area (Å²) in [5.74, 6) is 0. The van der Waals surface area contributed by atoms with Gasteiger partial charge in [-0.1, -0.05) is 0 Å². The molecule has 0 aromatic heterocycles. The Morgan fingerprint density at radius 3 is 1.36 bits per heavy atom. The molecule has 0 aromatic carbocycles. The van der Waals surface area contributed by atoms with Crippen LogP contribution in [-0.4, -0.2) is 38.8 Å². The molecule has 0 amide bonds. The number of hydrogen-bond donors (Lipinski definition) is 0. The summed E-state index contributed by atoms with van der Waals surface area (Å²) in [6.45, 7) is -2.29. The molecule has 0 saturated heterocycles. The molecule has 9 heteroatoms. The Hall–Kier alpha value is -1.22. The molecule has 0 heterocycles. The van der Waals surface area contributed by atoms with Crippen molar-refractivity contribution in [2.24, 2.45) is 0 Å². The molecule has 0 aliphatic carbocycles. The summed E-state index contributed by atoms with van der Waals surface area (Å²) in [6.07, 6.45) is 1.67. The smallest absolute Gasteiger partial charge is 0.411 e. The lowest BCUT2D eigenvalue weighted by molar-refractivity contribution is -0.174. The topological polar surface area (TPSA) is 27.7 Å². The van der Waals surface area contributed by atoms with E-state index in [0.717, 1.165) is 0 Å². The summed E-state index contributed by atoms with van der Waals surface area (Å²) >= 11 is 0. The maximum absolute atomic E-state index is 11.8. The quantitative estimate of drug-likeness (QED) is 0.226. The van der Waals surface area contributed by atoms with Gasteiger partial charge in [0.2, 0.25) is 0 Å². The minimum Gasteiger partial charge on any atom is -0.473 e. The van der Waals surface area contributed by atoms with Gasteiger partial charge in [-0.2, -0.15) is 26.3 Å². The van der Waals surface area contributed by atoms with E-state index in [1.54, 1.807) is 12.2 Å². The second-order valence-electron chi connectivity index (χ2n) is 5.21. The van der Waals surface area contributed by atoms with Crippen LogP contribution in [0.2, 0.25) is 0 Å². The van der Waals surface area contributed by atoms with Gasteiger partial charge in [0.15, 0.2) is 0 Å². The average molecular weight is 378 g/mol. The molecule has 0 saturated carbocycles. The summed E-state index contributed by atoms with van der Waals surface area (Å²) in [7, 11) is 0. The zero-order valence-corrected chi connectivity index (χ0v) is 13.9. The van der Waals surface area contributed by atoms with Crippen molar-refractivity contribution in [3.63, 3.8) is 0 Å². The third-order valence-corrected chi connectivity index (χ3v) is 2.70. The van der Waals surface area contributed by atoms with E-state index in [1.807, 2.05) is 0 Å². The number of unbranched alkanes of at least 4 members (excludes halogenated alkanes) is 4. The molecule has 25 heavy (non-hydrogen) atoms. The summed E-state index contributed by atoms with van der Waals surface area (Å²) < 4.78 is 84.6. The standard InChI is InChI=1S/C16H24F6O3/c17-15(18,19)13-24-11-7-3-1-5-9-23-10-6-2-4-8-12-25-14-16(20,21)22/h5-6,9-10H,1-4,7-8,11-14H2. The van der Waals surface area contributed by atoms with Crippen molar-refractivity contribution in [2.75, 3.05) is 26.4 Å². The zero-order valence-electron chi connectivity index (χ0n) is 13.9. The van der Waals surface area contributed by atoms with E-state index in [1.165, 1.54) is 12.5 Å². The minimum atomic E-state index is -4.28. The monoisotopic (exact) mass is 378 g/mol. The second kappa shape index (κ2) is 14.0. The molecule has 0 spiro atoms. The van der Waals surface area contributed by atoms with Crippen molar-refractivity contribution >= 4 is 0 Å². The Labute approximate surface area is 143 Å². The van der Waals surface area contributed by atoms with E-state index in [0.29, 0.717) is 38.5 Å². The van der Waals surface area contributed by atoms with Crippen LogP contribution in [0.3, 0.4) is 0 Å². The van der Waals surface area contributed by atoms with Crippen LogP contribution >= 0.6 is 0 Å². The molecule has 0 rings (SSSR count). The molecule has 3 nitrogen and oxygen atoms in total. The molecular formula is C16H24F6O3. The number of alkyl halides is 6. The molecule has 0 aromatic rings. The van der Waals surface area contributed by atoms with Gasteiger partial charge < -0.3 is 14.2 Å². The van der Waals surface area contributed by atoms with Crippen molar-refractivity contribution in [3.8, 4) is 0 Å². The van der Waals surface area contributed by atoms with Gasteiger partial charge >= 0.3 is 12.4 Å². The number of allylic oxidation sites excluding steroid dienone is 2. The summed E-state index contributed by atoms with van der Waals surface area (Å²) in [4.78, 5) is 0. The van der Waals surface area contributed by atoms with Crippen LogP contribution in [0, 0.1) is 0 Å². The van der Waals surface area contributed by atoms with Crippen molar-refractivity contribution < 1.29 is 40.6 Å². The van der Waals surface area contributed by atoms with Crippen molar-refractivity contribution in [1.82, 2.24) is 0 Å². The van der Waals surface area contributed by atoms with Gasteiger partial charge in [-0.15, -0.1) is 0 Å². The van der Waals surface area contributed by atoms with Crippen molar-refractivity contribution in [2.45, 2.75) is 50.9 Å². The third kappa shape index (κ3) is 22.8. The van der Waals surface area contributed by atoms with Crippen LogP contribution < -0.4 is 0 Å². The first kappa shape index (κ1) is 23.8. The van der Waals surface area contributed by atoms with Crippen LogP contribution in [0.25, 0.3) is 0 Å². The Kier molecular flexibility index (Phi) is 13.3. The first-order valence-electron chi connectivity index (χ1n) is 7.95. The highest BCUT2D eigenvalue weighted by Crippen LogP contribution is 2.15. The lowest BCUT2D eigenvalue weighted by atomic mass is 10.2. The van der Waals surface area contributed by atoms with Crippen molar-refractivity contribution in [3.05, 3.63) is 24.7 Å². The Balaban J connectivity index is 3.30. The predicted molar refractivity (Wildman–Crippen MR) is 80.8 cm³/mol. The fourth-order valence-electron chi connectivity index (χ4n) is 1.60. The van der Waals surface area contributed by atoms with E-state index >= 15 is 0 Å². The molecule has 0 unspecified atom stereocenters. The fourth-order valence-corrected chi connectivity index (χ4v) is 1.60. The van der Waals surface area contributed by atoms with Gasteiger partial charge in [0, 0.05) is 13.2 Å². The van der Waals surface area contributed by atoms with E-state index < -0.39 is 25.6 Å². The molecule has 0 atom stereocenters. The van der Waals surface area contributed by atoms with Crippen LogP contribution in [-0.2, 0) is 14.2 Å². The molecule has 0 aliphatic heterocycles. The predicted octanol–water partition coefficient (Wildman–Crippen LogP) is 5.53. The van der Waals surface area contributed by atoms with E-state index in [2.05, 4.69) is 9.47 Å². The molecule has 0 aliphatic rings. The minimum absolute atomic E-state index is 0.0702. The SMILES string of the molecule is FC(F)(F)COCCCCC=COC=CCCCCOCC(F)(F)F. The summed E-state index contributed by atoms with van der Waals surface area (Å²) in [6, 6.07) is 0. The normalized spacial score (nSPS) is 13.2. The lowest BCUT2D eigenvalue weighted by Gasteiger charge is -2.06. The first-order chi connectivity index (χ1) is 11.7. The largest absolute Gasteiger partial charge is 0.473 e. The first-order valence-corrected chi connectivity index (χ1v) is 7.95. The number of rotatable bonds is 14. The maximum atomic E-state index is 11.8. The zero-order chi connectivity index (χ0) is 19.0. The molecule has 0 bridgehead atoms. The molecule has 148 valence electrons. The van der Waals surface area contributed by atoms with Crippen molar-refractivity contribution in [1.29, 1.82) is 0 Å². The average Bonchev–Trinajstić information content (AvgIpc) is 2.48. The number of halogens is 6. The van der Waals surface area contributed by atoms with E-state index in [-0.39, 0.29) is 13.2 Å². The highest BCUT2D eigenvalue weighted by atomic mass is 19.4. The van der Waals surface area contributed by atoms with Gasteiger partial charge in [0.25, 0.3) is 0 Å². The highest BCUT2D eigenvalue weighted by molar-refractivity contribution is 4.79. The van der Waals surface area contributed by atoms with E-state index in [9.17, 15) is 26.3 Å². The van der Waals surface area contributed by atoms with Gasteiger partial charge in [-0.3, -0.25) is 0 Å². The van der Waals surface area contributed by atoms with Gasteiger partial charge in [-0.25, -0.2) is 0 Å². The Bertz CT molecular complexity index is 330. The van der Waals surface area contributed by atoms with E-state index in [4.69, 9.17) is 4.74 Å². The van der Waals surface area contributed by atoms with Gasteiger partial charge in [-0.05, 0) is 50.7 Å². The van der Waals surface area contributed by atoms with Crippen LogP contribution in [0.4, 0.5) is 26.3 Å². The molecule has 0 fully saturated rings. The highest BCUT2D eigenvalue weighted by Gasteiger charge is 2.27. The Morgan fingerprint density at radius 1 is 0.600 bits per heavy atom. The fraction of sp³-hybridized carbons (Fsp3) is 0.750. The lowest BCUT2D eigenvalue weighted by Crippen LogP contribution is -2.17. The number of ether oxygens (including phenoxy) is 3. The molecular weight excluding hydrogens is 354 g/mol. The summed E-state index contributed by atoms with van der Waals surface area (Å²) in [5.41, 5.74) is 0. The van der Waals surface area contributed by atoms with Crippen LogP contribution in [0.5, 0.6) is 0 Å². The number of hydrogen-bond acceptors (Lipinski definition) is 3. The molecule has 0 N–H and O–H groups in total. The Morgan fingerprint density at radius 2 is 1.00 bits per heavy atom. The maximum Gasteiger partial charge on any atom is 0.411 e. The van der Waals surface area contributed by atoms with Gasteiger partial charge in [0.1, 0.15) is 13.2 Å². The van der Waals surface area contributed by atoms with Crippen LogP contribution in [0.15, 0.2) is 24.7 Å². The molecule has 0 radical (unpaired) electrons. The second-order valence-corrected chi connectivity index (χ2v) is 5.21. The third-order valence-electron chi connectivity index (χ3n) is 2.70. The van der Waals surface area contributed by atoms with Crippen LogP contribution in [0.1, 0.15) is 38.5 Å².